The summed E-state index contributed by atoms with van der Waals surface area (Å²) in [6.07, 6.45) is 0. The van der Waals surface area contributed by atoms with Crippen LogP contribution in [-0.4, -0.2) is 47.1 Å². The van der Waals surface area contributed by atoms with Crippen LogP contribution in [0.3, 0.4) is 0 Å². The van der Waals surface area contributed by atoms with E-state index in [4.69, 9.17) is 5.11 Å². The summed E-state index contributed by atoms with van der Waals surface area (Å²) in [5.41, 5.74) is -0.532. The number of nitrogens with zero attached hydrogens (tertiary/aromatic N) is 1. The Bertz CT molecular complexity index is 841. The van der Waals surface area contributed by atoms with E-state index in [1.807, 2.05) is 0 Å². The second kappa shape index (κ2) is 6.41. The van der Waals surface area contributed by atoms with Gasteiger partial charge in [-0.1, -0.05) is 6.07 Å². The van der Waals surface area contributed by atoms with Crippen molar-refractivity contribution in [2.45, 2.75) is 0 Å². The van der Waals surface area contributed by atoms with Crippen molar-refractivity contribution in [1.29, 1.82) is 0 Å². The molecule has 0 aliphatic carbocycles. The normalized spacial score (nSPS) is 10.2. The standard InChI is InChI=1S/C17H15NO6/c1-18(2)13-5-3-4-11(15(13)20)14(19)10-7-6-9(16(21)22)8-12(10)17(23)24/h3-8,20H,1-2H3,(H,21,22)(H,23,24). The van der Waals surface area contributed by atoms with Gasteiger partial charge in [0.2, 0.25) is 0 Å². The number of carbonyl (C=O) groups is 3. The molecule has 0 aliphatic rings. The van der Waals surface area contributed by atoms with Crippen LogP contribution < -0.4 is 4.90 Å². The third kappa shape index (κ3) is 3.05. The predicted octanol–water partition coefficient (Wildman–Crippen LogP) is 2.09. The van der Waals surface area contributed by atoms with E-state index in [0.717, 1.165) is 18.2 Å². The van der Waals surface area contributed by atoms with Crippen molar-refractivity contribution < 1.29 is 29.7 Å². The summed E-state index contributed by atoms with van der Waals surface area (Å²) in [7, 11) is 3.38. The SMILES string of the molecule is CN(C)c1cccc(C(=O)c2ccc(C(=O)O)cc2C(=O)O)c1O. The average molecular weight is 329 g/mol. The summed E-state index contributed by atoms with van der Waals surface area (Å²) in [5.74, 6) is -3.70. The second-order valence-corrected chi connectivity index (χ2v) is 5.27. The summed E-state index contributed by atoms with van der Waals surface area (Å²) < 4.78 is 0. The third-order valence-electron chi connectivity index (χ3n) is 3.48. The number of carboxylic acids is 2. The lowest BCUT2D eigenvalue weighted by Gasteiger charge is -2.16. The number of phenolic OH excluding ortho intramolecular Hbond substituents is 1. The molecule has 0 saturated heterocycles. The van der Waals surface area contributed by atoms with Crippen LogP contribution in [0.25, 0.3) is 0 Å². The Balaban J connectivity index is 2.61. The number of hydrogen-bond acceptors (Lipinski definition) is 5. The first-order valence-corrected chi connectivity index (χ1v) is 6.88. The van der Waals surface area contributed by atoms with E-state index in [2.05, 4.69) is 0 Å². The highest BCUT2D eigenvalue weighted by Gasteiger charge is 2.23. The number of phenols is 1. The molecule has 3 N–H and O–H groups in total. The topological polar surface area (TPSA) is 115 Å². The zero-order valence-corrected chi connectivity index (χ0v) is 13.0. The zero-order chi connectivity index (χ0) is 18.0. The lowest BCUT2D eigenvalue weighted by Crippen LogP contribution is -2.14. The van der Waals surface area contributed by atoms with Crippen molar-refractivity contribution in [2.24, 2.45) is 0 Å². The number of ketones is 1. The molecule has 2 aromatic rings. The number of aromatic carboxylic acids is 2. The molecule has 0 atom stereocenters. The molecule has 7 heteroatoms. The summed E-state index contributed by atoms with van der Waals surface area (Å²) in [6.45, 7) is 0. The van der Waals surface area contributed by atoms with Gasteiger partial charge >= 0.3 is 11.9 Å². The maximum absolute atomic E-state index is 12.7. The van der Waals surface area contributed by atoms with Gasteiger partial charge in [-0.2, -0.15) is 0 Å². The molecule has 0 heterocycles. The quantitative estimate of drug-likeness (QED) is 0.719. The van der Waals surface area contributed by atoms with Crippen LogP contribution in [0.4, 0.5) is 5.69 Å². The molecular formula is C17H15NO6. The Kier molecular flexibility index (Phi) is 4.54. The first-order chi connectivity index (χ1) is 11.2. The molecule has 0 fully saturated rings. The van der Waals surface area contributed by atoms with Gasteiger partial charge in [0.25, 0.3) is 0 Å². The third-order valence-corrected chi connectivity index (χ3v) is 3.48. The molecule has 0 saturated carbocycles. The first-order valence-electron chi connectivity index (χ1n) is 6.88. The molecule has 0 unspecified atom stereocenters. The summed E-state index contributed by atoms with van der Waals surface area (Å²) in [5, 5.41) is 28.5. The van der Waals surface area contributed by atoms with E-state index >= 15 is 0 Å². The fraction of sp³-hybridized carbons (Fsp3) is 0.118. The Morgan fingerprint density at radius 1 is 0.875 bits per heavy atom. The Morgan fingerprint density at radius 2 is 1.54 bits per heavy atom. The van der Waals surface area contributed by atoms with E-state index < -0.39 is 23.3 Å². The van der Waals surface area contributed by atoms with E-state index in [9.17, 15) is 24.6 Å². The van der Waals surface area contributed by atoms with Gasteiger partial charge in [-0.25, -0.2) is 9.59 Å². The maximum Gasteiger partial charge on any atom is 0.336 e. The van der Waals surface area contributed by atoms with Gasteiger partial charge in [0.05, 0.1) is 22.4 Å². The summed E-state index contributed by atoms with van der Waals surface area (Å²) >= 11 is 0. The number of carboxylic acid groups (broad SMARTS) is 2. The monoisotopic (exact) mass is 329 g/mol. The zero-order valence-electron chi connectivity index (χ0n) is 13.0. The molecule has 124 valence electrons. The molecule has 0 amide bonds. The molecule has 0 aromatic heterocycles. The fourth-order valence-electron chi connectivity index (χ4n) is 2.27. The first kappa shape index (κ1) is 17.0. The molecule has 24 heavy (non-hydrogen) atoms. The van der Waals surface area contributed by atoms with Gasteiger partial charge in [0.1, 0.15) is 5.75 Å². The molecule has 0 radical (unpaired) electrons. The number of aromatic hydroxyl groups is 1. The Morgan fingerprint density at radius 3 is 2.08 bits per heavy atom. The number of hydrogen-bond donors (Lipinski definition) is 3. The number of carbonyl (C=O) groups excluding carboxylic acids is 1. The van der Waals surface area contributed by atoms with Crippen molar-refractivity contribution >= 4 is 23.4 Å². The lowest BCUT2D eigenvalue weighted by molar-refractivity contribution is 0.0692. The Labute approximate surface area is 137 Å². The van der Waals surface area contributed by atoms with Gasteiger partial charge in [-0.05, 0) is 30.3 Å². The van der Waals surface area contributed by atoms with Gasteiger partial charge in [-0.15, -0.1) is 0 Å². The molecular weight excluding hydrogens is 314 g/mol. The van der Waals surface area contributed by atoms with Gasteiger partial charge in [0.15, 0.2) is 5.78 Å². The molecule has 0 spiro atoms. The van der Waals surface area contributed by atoms with Crippen molar-refractivity contribution in [3.05, 3.63) is 58.7 Å². The largest absolute Gasteiger partial charge is 0.505 e. The second-order valence-electron chi connectivity index (χ2n) is 5.27. The van der Waals surface area contributed by atoms with Crippen LogP contribution >= 0.6 is 0 Å². The smallest absolute Gasteiger partial charge is 0.336 e. The van der Waals surface area contributed by atoms with E-state index in [0.29, 0.717) is 5.69 Å². The van der Waals surface area contributed by atoms with E-state index in [1.165, 1.54) is 6.07 Å². The van der Waals surface area contributed by atoms with Gasteiger partial charge in [-0.3, -0.25) is 4.79 Å². The highest BCUT2D eigenvalue weighted by molar-refractivity contribution is 6.16. The van der Waals surface area contributed by atoms with Crippen molar-refractivity contribution in [1.82, 2.24) is 0 Å². The van der Waals surface area contributed by atoms with Crippen molar-refractivity contribution in [3.8, 4) is 5.75 Å². The van der Waals surface area contributed by atoms with Crippen LogP contribution in [0.2, 0.25) is 0 Å². The molecule has 0 bridgehead atoms. The number of para-hydroxylation sites is 1. The number of benzene rings is 2. The van der Waals surface area contributed by atoms with Gasteiger partial charge in [0, 0.05) is 19.7 Å². The average Bonchev–Trinajstić information content (AvgIpc) is 2.53. The highest BCUT2D eigenvalue weighted by atomic mass is 16.4. The number of rotatable bonds is 5. The van der Waals surface area contributed by atoms with Crippen LogP contribution in [0.5, 0.6) is 5.75 Å². The molecule has 2 aromatic carbocycles. The van der Waals surface area contributed by atoms with E-state index in [-0.39, 0.29) is 22.4 Å². The minimum absolute atomic E-state index is 0.0632. The number of anilines is 1. The maximum atomic E-state index is 12.7. The lowest BCUT2D eigenvalue weighted by atomic mass is 9.95. The van der Waals surface area contributed by atoms with Crippen molar-refractivity contribution in [2.75, 3.05) is 19.0 Å². The molecule has 0 aliphatic heterocycles. The molecule has 2 rings (SSSR count). The predicted molar refractivity (Wildman–Crippen MR) is 86.2 cm³/mol. The Hall–Kier alpha value is -3.35. The highest BCUT2D eigenvalue weighted by Crippen LogP contribution is 2.31. The molecule has 7 nitrogen and oxygen atoms in total. The summed E-state index contributed by atoms with van der Waals surface area (Å²) in [4.78, 5) is 36.6. The van der Waals surface area contributed by atoms with E-state index in [1.54, 1.807) is 31.1 Å². The van der Waals surface area contributed by atoms with Crippen LogP contribution in [0.1, 0.15) is 36.6 Å². The minimum Gasteiger partial charge on any atom is -0.505 e. The fourth-order valence-corrected chi connectivity index (χ4v) is 2.27. The van der Waals surface area contributed by atoms with Crippen LogP contribution in [0.15, 0.2) is 36.4 Å². The van der Waals surface area contributed by atoms with Crippen LogP contribution in [0, 0.1) is 0 Å². The minimum atomic E-state index is -1.43. The van der Waals surface area contributed by atoms with Gasteiger partial charge < -0.3 is 20.2 Å². The summed E-state index contributed by atoms with van der Waals surface area (Å²) in [6, 6.07) is 7.75. The van der Waals surface area contributed by atoms with Crippen molar-refractivity contribution in [3.63, 3.8) is 0 Å². The van der Waals surface area contributed by atoms with Crippen LogP contribution in [-0.2, 0) is 0 Å².